The van der Waals surface area contributed by atoms with E-state index in [0.29, 0.717) is 0 Å². The number of nitrogens with one attached hydrogen (secondary N) is 1. The molecule has 7 nitrogen and oxygen atoms in total. The Morgan fingerprint density at radius 2 is 2.23 bits per heavy atom. The third-order valence-electron chi connectivity index (χ3n) is 3.62. The van der Waals surface area contributed by atoms with Crippen molar-refractivity contribution in [3.8, 4) is 0 Å². The SMILES string of the molecule is N[C@@H]1CN(c2nc3[nH]cc(C(=O)O)c(=O)c3cc2F)C[C@H]1F. The standard InChI is InChI=1S/C13H12F2N4O3/c14-7-1-5-10(20)6(13(21)22)2-17-11(5)18-12(7)19-3-8(15)9(16)4-19/h1-2,8-9H,3-4,16H2,(H,21,22)(H,17,18,20)/t8-,9-/m1/s1. The molecule has 116 valence electrons. The van der Waals surface area contributed by atoms with Crippen LogP contribution in [0, 0.1) is 5.82 Å². The Kier molecular flexibility index (Phi) is 3.28. The summed E-state index contributed by atoms with van der Waals surface area (Å²) in [5, 5.41) is 8.70. The highest BCUT2D eigenvalue weighted by Gasteiger charge is 2.32. The second-order valence-electron chi connectivity index (χ2n) is 5.11. The van der Waals surface area contributed by atoms with E-state index in [1.54, 1.807) is 0 Å². The minimum atomic E-state index is -1.42. The second-order valence-corrected chi connectivity index (χ2v) is 5.11. The lowest BCUT2D eigenvalue weighted by Crippen LogP contribution is -2.30. The molecule has 3 rings (SSSR count). The summed E-state index contributed by atoms with van der Waals surface area (Å²) in [5.41, 5.74) is 4.25. The van der Waals surface area contributed by atoms with E-state index in [-0.39, 0.29) is 29.9 Å². The van der Waals surface area contributed by atoms with Crippen molar-refractivity contribution in [1.29, 1.82) is 0 Å². The highest BCUT2D eigenvalue weighted by Crippen LogP contribution is 2.24. The number of rotatable bonds is 2. The third kappa shape index (κ3) is 2.19. The number of aromatic nitrogens is 2. The monoisotopic (exact) mass is 310 g/mol. The summed E-state index contributed by atoms with van der Waals surface area (Å²) in [6, 6.07) is 0.172. The molecular weight excluding hydrogens is 298 g/mol. The van der Waals surface area contributed by atoms with Gasteiger partial charge in [-0.2, -0.15) is 0 Å². The van der Waals surface area contributed by atoms with Gasteiger partial charge in [-0.3, -0.25) is 4.79 Å². The van der Waals surface area contributed by atoms with Crippen LogP contribution >= 0.6 is 0 Å². The zero-order valence-corrected chi connectivity index (χ0v) is 11.2. The Labute approximate surface area is 122 Å². The number of anilines is 1. The lowest BCUT2D eigenvalue weighted by molar-refractivity contribution is 0.0695. The molecule has 0 bridgehead atoms. The molecule has 1 saturated heterocycles. The van der Waals surface area contributed by atoms with Crippen molar-refractivity contribution < 1.29 is 18.7 Å². The van der Waals surface area contributed by atoms with Crippen LogP contribution in [0.5, 0.6) is 0 Å². The van der Waals surface area contributed by atoms with Crippen molar-refractivity contribution >= 4 is 22.8 Å². The molecule has 0 aliphatic carbocycles. The van der Waals surface area contributed by atoms with Crippen molar-refractivity contribution in [2.45, 2.75) is 12.2 Å². The van der Waals surface area contributed by atoms with Crippen LogP contribution in [0.25, 0.3) is 11.0 Å². The van der Waals surface area contributed by atoms with E-state index in [2.05, 4.69) is 9.97 Å². The number of nitrogens with zero attached hydrogens (tertiary/aromatic N) is 2. The van der Waals surface area contributed by atoms with Gasteiger partial charge in [0.15, 0.2) is 11.6 Å². The lowest BCUT2D eigenvalue weighted by Gasteiger charge is -2.17. The van der Waals surface area contributed by atoms with Gasteiger partial charge in [-0.1, -0.05) is 0 Å². The number of hydrogen-bond donors (Lipinski definition) is 3. The molecule has 0 radical (unpaired) electrons. The van der Waals surface area contributed by atoms with Crippen molar-refractivity contribution in [1.82, 2.24) is 9.97 Å². The molecular formula is C13H12F2N4O3. The maximum atomic E-state index is 14.2. The minimum Gasteiger partial charge on any atom is -0.477 e. The maximum absolute atomic E-state index is 14.2. The van der Waals surface area contributed by atoms with Crippen LogP contribution in [-0.2, 0) is 0 Å². The molecule has 1 aliphatic heterocycles. The number of hydrogen-bond acceptors (Lipinski definition) is 5. The number of aromatic carboxylic acids is 1. The molecule has 0 amide bonds. The van der Waals surface area contributed by atoms with Gasteiger partial charge < -0.3 is 20.7 Å². The number of carboxylic acid groups (broad SMARTS) is 1. The van der Waals surface area contributed by atoms with E-state index in [0.717, 1.165) is 12.3 Å². The minimum absolute atomic E-state index is 0.0299. The Morgan fingerprint density at radius 1 is 1.50 bits per heavy atom. The van der Waals surface area contributed by atoms with Gasteiger partial charge in [0.25, 0.3) is 0 Å². The number of alkyl halides is 1. The van der Waals surface area contributed by atoms with Crippen molar-refractivity contribution in [3.63, 3.8) is 0 Å². The highest BCUT2D eigenvalue weighted by atomic mass is 19.1. The molecule has 2 aromatic rings. The Bertz CT molecular complexity index is 813. The molecule has 4 N–H and O–H groups in total. The number of nitrogens with two attached hydrogens (primary N) is 1. The van der Waals surface area contributed by atoms with E-state index >= 15 is 0 Å². The van der Waals surface area contributed by atoms with E-state index in [4.69, 9.17) is 10.8 Å². The topological polar surface area (TPSA) is 112 Å². The molecule has 0 saturated carbocycles. The number of carboxylic acids is 1. The maximum Gasteiger partial charge on any atom is 0.341 e. The summed E-state index contributed by atoms with van der Waals surface area (Å²) in [4.78, 5) is 30.7. The molecule has 0 spiro atoms. The summed E-state index contributed by atoms with van der Waals surface area (Å²) in [6.07, 6.45) is -0.291. The van der Waals surface area contributed by atoms with Gasteiger partial charge in [0.1, 0.15) is 17.4 Å². The molecule has 0 unspecified atom stereocenters. The Hall–Kier alpha value is -2.55. The number of aromatic amines is 1. The summed E-state index contributed by atoms with van der Waals surface area (Å²) in [7, 11) is 0. The van der Waals surface area contributed by atoms with E-state index in [1.165, 1.54) is 4.90 Å². The Balaban J connectivity index is 2.12. The van der Waals surface area contributed by atoms with Crippen molar-refractivity contribution in [2.75, 3.05) is 18.0 Å². The van der Waals surface area contributed by atoms with Gasteiger partial charge in [0.05, 0.1) is 18.0 Å². The van der Waals surface area contributed by atoms with E-state index in [9.17, 15) is 18.4 Å². The average molecular weight is 310 g/mol. The van der Waals surface area contributed by atoms with Gasteiger partial charge in [-0.25, -0.2) is 18.6 Å². The molecule has 2 aromatic heterocycles. The van der Waals surface area contributed by atoms with Gasteiger partial charge in [-0.05, 0) is 6.07 Å². The molecule has 22 heavy (non-hydrogen) atoms. The first kappa shape index (κ1) is 14.4. The number of halogens is 2. The summed E-state index contributed by atoms with van der Waals surface area (Å²) >= 11 is 0. The fourth-order valence-corrected chi connectivity index (χ4v) is 2.46. The van der Waals surface area contributed by atoms with Crippen molar-refractivity contribution in [3.05, 3.63) is 33.9 Å². The summed E-state index contributed by atoms with van der Waals surface area (Å²) in [5.74, 6) is -2.37. The van der Waals surface area contributed by atoms with Gasteiger partial charge in [-0.15, -0.1) is 0 Å². The van der Waals surface area contributed by atoms with Crippen LogP contribution in [0.4, 0.5) is 14.6 Å². The average Bonchev–Trinajstić information content (AvgIpc) is 2.78. The first-order valence-corrected chi connectivity index (χ1v) is 6.48. The van der Waals surface area contributed by atoms with Crippen LogP contribution in [-0.4, -0.2) is 46.3 Å². The molecule has 3 heterocycles. The quantitative estimate of drug-likeness (QED) is 0.733. The largest absolute Gasteiger partial charge is 0.477 e. The van der Waals surface area contributed by atoms with Gasteiger partial charge in [0, 0.05) is 12.7 Å². The molecule has 1 aliphatic rings. The molecule has 1 fully saturated rings. The molecule has 9 heteroatoms. The van der Waals surface area contributed by atoms with E-state index < -0.39 is 35.0 Å². The normalized spacial score (nSPS) is 21.5. The smallest absolute Gasteiger partial charge is 0.341 e. The summed E-state index contributed by atoms with van der Waals surface area (Å²) in [6.45, 7) is 0.0159. The van der Waals surface area contributed by atoms with Crippen LogP contribution in [0.15, 0.2) is 17.1 Å². The van der Waals surface area contributed by atoms with Crippen LogP contribution in [0.3, 0.4) is 0 Å². The van der Waals surface area contributed by atoms with Crippen molar-refractivity contribution in [2.24, 2.45) is 5.73 Å². The fraction of sp³-hybridized carbons (Fsp3) is 0.308. The Morgan fingerprint density at radius 3 is 2.82 bits per heavy atom. The highest BCUT2D eigenvalue weighted by molar-refractivity contribution is 5.91. The molecule has 0 aromatic carbocycles. The first-order valence-electron chi connectivity index (χ1n) is 6.48. The molecule has 2 atom stereocenters. The van der Waals surface area contributed by atoms with Crippen LogP contribution < -0.4 is 16.1 Å². The zero-order chi connectivity index (χ0) is 16.0. The number of carbonyl (C=O) groups is 1. The fourth-order valence-electron chi connectivity index (χ4n) is 2.46. The van der Waals surface area contributed by atoms with Crippen LogP contribution in [0.2, 0.25) is 0 Å². The lowest BCUT2D eigenvalue weighted by atomic mass is 10.2. The summed E-state index contributed by atoms with van der Waals surface area (Å²) < 4.78 is 27.6. The van der Waals surface area contributed by atoms with E-state index in [1.807, 2.05) is 0 Å². The second kappa shape index (κ2) is 5.02. The number of fused-ring (bicyclic) bond motifs is 1. The van der Waals surface area contributed by atoms with Crippen LogP contribution in [0.1, 0.15) is 10.4 Å². The predicted molar refractivity (Wildman–Crippen MR) is 74.4 cm³/mol. The zero-order valence-electron chi connectivity index (χ0n) is 11.2. The van der Waals surface area contributed by atoms with Gasteiger partial charge in [0.2, 0.25) is 5.43 Å². The van der Waals surface area contributed by atoms with Gasteiger partial charge >= 0.3 is 5.97 Å². The number of pyridine rings is 2. The third-order valence-corrected chi connectivity index (χ3v) is 3.62. The first-order chi connectivity index (χ1) is 10.4. The number of H-pyrrole nitrogens is 1. The predicted octanol–water partition coefficient (Wildman–Crippen LogP) is 0.246.